The quantitative estimate of drug-likeness (QED) is 0.693. The molecule has 108 valence electrons. The van der Waals surface area contributed by atoms with Gasteiger partial charge in [-0.15, -0.1) is 0 Å². The molecular formula is C15H15ClN4O. The molecule has 0 spiro atoms. The van der Waals surface area contributed by atoms with E-state index in [4.69, 9.17) is 11.6 Å². The summed E-state index contributed by atoms with van der Waals surface area (Å²) >= 11 is 6.02. The van der Waals surface area contributed by atoms with Crippen LogP contribution in [0.3, 0.4) is 0 Å². The molecule has 1 aromatic carbocycles. The monoisotopic (exact) mass is 302 g/mol. The molecule has 2 heterocycles. The highest BCUT2D eigenvalue weighted by Gasteiger charge is 2.10. The predicted molar refractivity (Wildman–Crippen MR) is 82.7 cm³/mol. The molecule has 0 bridgehead atoms. The average molecular weight is 303 g/mol. The van der Waals surface area contributed by atoms with Crippen LogP contribution < -0.4 is 5.32 Å². The minimum atomic E-state index is -0.112. The van der Waals surface area contributed by atoms with Gasteiger partial charge in [0.25, 0.3) is 5.91 Å². The van der Waals surface area contributed by atoms with E-state index < -0.39 is 0 Å². The molecule has 6 heteroatoms. The van der Waals surface area contributed by atoms with Gasteiger partial charge >= 0.3 is 0 Å². The molecule has 3 N–H and O–H groups in total. The van der Waals surface area contributed by atoms with Crippen molar-refractivity contribution in [1.29, 1.82) is 0 Å². The number of carbonyl (C=O) groups is 1. The third kappa shape index (κ3) is 2.78. The Labute approximate surface area is 126 Å². The molecule has 5 nitrogen and oxygen atoms in total. The van der Waals surface area contributed by atoms with Crippen molar-refractivity contribution in [1.82, 2.24) is 20.5 Å². The second kappa shape index (κ2) is 5.61. The Kier molecular flexibility index (Phi) is 3.66. The van der Waals surface area contributed by atoms with Crippen LogP contribution in [-0.4, -0.2) is 27.6 Å². The number of amides is 1. The summed E-state index contributed by atoms with van der Waals surface area (Å²) in [5.74, 6) is -0.112. The Morgan fingerprint density at radius 2 is 2.29 bits per heavy atom. The fourth-order valence-corrected chi connectivity index (χ4v) is 2.52. The molecule has 3 aromatic rings. The largest absolute Gasteiger partial charge is 0.361 e. The van der Waals surface area contributed by atoms with Crippen molar-refractivity contribution in [3.8, 4) is 0 Å². The molecule has 21 heavy (non-hydrogen) atoms. The summed E-state index contributed by atoms with van der Waals surface area (Å²) in [4.78, 5) is 15.2. The fraction of sp³-hybridized carbons (Fsp3) is 0.200. The highest BCUT2D eigenvalue weighted by atomic mass is 35.5. The van der Waals surface area contributed by atoms with E-state index in [-0.39, 0.29) is 5.91 Å². The van der Waals surface area contributed by atoms with Crippen LogP contribution >= 0.6 is 11.6 Å². The van der Waals surface area contributed by atoms with Crippen molar-refractivity contribution in [2.24, 2.45) is 0 Å². The molecule has 0 radical (unpaired) electrons. The van der Waals surface area contributed by atoms with Gasteiger partial charge in [0.2, 0.25) is 0 Å². The second-order valence-corrected chi connectivity index (χ2v) is 5.35. The molecule has 0 aliphatic rings. The van der Waals surface area contributed by atoms with Crippen molar-refractivity contribution in [3.05, 3.63) is 52.4 Å². The first-order chi connectivity index (χ1) is 10.1. The molecule has 1 amide bonds. The SMILES string of the molecule is Cc1[nH]ncc1C(=O)NCCc1c[nH]c2ccc(Cl)cc12. The van der Waals surface area contributed by atoms with Gasteiger partial charge in [0, 0.05) is 34.4 Å². The summed E-state index contributed by atoms with van der Waals surface area (Å²) in [5.41, 5.74) is 3.53. The summed E-state index contributed by atoms with van der Waals surface area (Å²) in [6, 6.07) is 5.74. The maximum Gasteiger partial charge on any atom is 0.254 e. The smallest absolute Gasteiger partial charge is 0.254 e. The molecule has 2 aromatic heterocycles. The molecule has 0 saturated heterocycles. The van der Waals surface area contributed by atoms with Gasteiger partial charge < -0.3 is 10.3 Å². The highest BCUT2D eigenvalue weighted by molar-refractivity contribution is 6.31. The van der Waals surface area contributed by atoms with Crippen LogP contribution in [0.2, 0.25) is 5.02 Å². The molecule has 0 fully saturated rings. The van der Waals surface area contributed by atoms with E-state index >= 15 is 0 Å². The molecule has 0 atom stereocenters. The summed E-state index contributed by atoms with van der Waals surface area (Å²) in [7, 11) is 0. The van der Waals surface area contributed by atoms with Crippen LogP contribution in [0.15, 0.2) is 30.6 Å². The van der Waals surface area contributed by atoms with E-state index in [2.05, 4.69) is 20.5 Å². The number of nitrogens with zero attached hydrogens (tertiary/aromatic N) is 1. The number of H-pyrrole nitrogens is 2. The van der Waals surface area contributed by atoms with Crippen LogP contribution in [0.5, 0.6) is 0 Å². The normalized spacial score (nSPS) is 11.0. The fourth-order valence-electron chi connectivity index (χ4n) is 2.34. The number of hydrogen-bond donors (Lipinski definition) is 3. The lowest BCUT2D eigenvalue weighted by molar-refractivity contribution is 0.0953. The molecule has 0 unspecified atom stereocenters. The van der Waals surface area contributed by atoms with Crippen molar-refractivity contribution >= 4 is 28.4 Å². The first-order valence-electron chi connectivity index (χ1n) is 6.69. The molecule has 3 rings (SSSR count). The van der Waals surface area contributed by atoms with Crippen molar-refractivity contribution in [2.75, 3.05) is 6.54 Å². The van der Waals surface area contributed by atoms with Crippen LogP contribution in [0.4, 0.5) is 0 Å². The number of aromatic amines is 2. The maximum absolute atomic E-state index is 12.0. The van der Waals surface area contributed by atoms with Crippen LogP contribution in [0.1, 0.15) is 21.6 Å². The van der Waals surface area contributed by atoms with Crippen LogP contribution in [-0.2, 0) is 6.42 Å². The van der Waals surface area contributed by atoms with Gasteiger partial charge in [0.15, 0.2) is 0 Å². The number of benzene rings is 1. The zero-order valence-electron chi connectivity index (χ0n) is 11.5. The van der Waals surface area contributed by atoms with Gasteiger partial charge in [-0.3, -0.25) is 9.89 Å². The van der Waals surface area contributed by atoms with Gasteiger partial charge in [-0.1, -0.05) is 11.6 Å². The minimum absolute atomic E-state index is 0.112. The van der Waals surface area contributed by atoms with Crippen molar-refractivity contribution in [3.63, 3.8) is 0 Å². The second-order valence-electron chi connectivity index (χ2n) is 4.92. The van der Waals surface area contributed by atoms with E-state index in [1.165, 1.54) is 6.20 Å². The van der Waals surface area contributed by atoms with Crippen LogP contribution in [0.25, 0.3) is 10.9 Å². The Morgan fingerprint density at radius 3 is 3.05 bits per heavy atom. The van der Waals surface area contributed by atoms with Gasteiger partial charge in [-0.2, -0.15) is 5.10 Å². The first kappa shape index (κ1) is 13.7. The summed E-state index contributed by atoms with van der Waals surface area (Å²) in [5, 5.41) is 11.3. The molecule has 0 aliphatic carbocycles. The highest BCUT2D eigenvalue weighted by Crippen LogP contribution is 2.22. The average Bonchev–Trinajstić information content (AvgIpc) is 3.05. The number of aromatic nitrogens is 3. The summed E-state index contributed by atoms with van der Waals surface area (Å²) in [6.07, 6.45) is 4.23. The lowest BCUT2D eigenvalue weighted by Gasteiger charge is -2.04. The Hall–Kier alpha value is -2.27. The van der Waals surface area contributed by atoms with Gasteiger partial charge in [0.05, 0.1) is 11.8 Å². The van der Waals surface area contributed by atoms with Crippen molar-refractivity contribution < 1.29 is 4.79 Å². The first-order valence-corrected chi connectivity index (χ1v) is 7.06. The Balaban J connectivity index is 1.66. The van der Waals surface area contributed by atoms with Crippen LogP contribution in [0, 0.1) is 6.92 Å². The van der Waals surface area contributed by atoms with E-state index in [0.717, 1.165) is 28.6 Å². The van der Waals surface area contributed by atoms with Crippen molar-refractivity contribution in [2.45, 2.75) is 13.3 Å². The molecule has 0 saturated carbocycles. The van der Waals surface area contributed by atoms with E-state index in [1.54, 1.807) is 0 Å². The number of nitrogens with one attached hydrogen (secondary N) is 3. The minimum Gasteiger partial charge on any atom is -0.361 e. The van der Waals surface area contributed by atoms with Gasteiger partial charge in [-0.05, 0) is 37.1 Å². The Morgan fingerprint density at radius 1 is 1.43 bits per heavy atom. The predicted octanol–water partition coefficient (Wildman–Crippen LogP) is 2.83. The zero-order valence-corrected chi connectivity index (χ0v) is 12.3. The number of rotatable bonds is 4. The molecular weight excluding hydrogens is 288 g/mol. The zero-order chi connectivity index (χ0) is 14.8. The number of aryl methyl sites for hydroxylation is 1. The van der Waals surface area contributed by atoms with Gasteiger partial charge in [-0.25, -0.2) is 0 Å². The summed E-state index contributed by atoms with van der Waals surface area (Å²) in [6.45, 7) is 2.38. The van der Waals surface area contributed by atoms with E-state index in [1.807, 2.05) is 31.3 Å². The molecule has 0 aliphatic heterocycles. The number of halogens is 1. The summed E-state index contributed by atoms with van der Waals surface area (Å²) < 4.78 is 0. The number of fused-ring (bicyclic) bond motifs is 1. The van der Waals surface area contributed by atoms with Gasteiger partial charge in [0.1, 0.15) is 0 Å². The standard InChI is InChI=1S/C15H15ClN4O/c1-9-13(8-19-20-9)15(21)17-5-4-10-7-18-14-3-2-11(16)6-12(10)14/h2-3,6-8,18H,4-5H2,1H3,(H,17,21)(H,19,20). The topological polar surface area (TPSA) is 73.6 Å². The van der Waals surface area contributed by atoms with E-state index in [0.29, 0.717) is 17.1 Å². The Bertz CT molecular complexity index is 790. The van der Waals surface area contributed by atoms with E-state index in [9.17, 15) is 4.79 Å². The third-order valence-corrected chi connectivity index (χ3v) is 3.72. The lowest BCUT2D eigenvalue weighted by Crippen LogP contribution is -2.25. The number of hydrogen-bond acceptors (Lipinski definition) is 2. The maximum atomic E-state index is 12.0. The lowest BCUT2D eigenvalue weighted by atomic mass is 10.1. The number of carbonyl (C=O) groups excluding carboxylic acids is 1. The third-order valence-electron chi connectivity index (χ3n) is 3.48.